The van der Waals surface area contributed by atoms with Crippen LogP contribution in [0.2, 0.25) is 0 Å². The monoisotopic (exact) mass is 272 g/mol. The minimum atomic E-state index is -3.56. The topological polar surface area (TPSA) is 70.0 Å². The lowest BCUT2D eigenvalue weighted by Crippen LogP contribution is -2.35. The lowest BCUT2D eigenvalue weighted by Gasteiger charge is -2.17. The van der Waals surface area contributed by atoms with Crippen LogP contribution in [-0.2, 0) is 10.0 Å². The summed E-state index contributed by atoms with van der Waals surface area (Å²) >= 11 is 1.51. The fourth-order valence-electron chi connectivity index (χ4n) is 1.49. The predicted molar refractivity (Wildman–Crippen MR) is 69.1 cm³/mol. The first-order valence-electron chi connectivity index (χ1n) is 5.49. The van der Waals surface area contributed by atoms with Crippen molar-refractivity contribution in [3.63, 3.8) is 0 Å². The molecule has 0 radical (unpaired) electrons. The number of nitriles is 1. The minimum absolute atomic E-state index is 0.234. The van der Waals surface area contributed by atoms with Gasteiger partial charge in [-0.15, -0.1) is 11.3 Å². The Morgan fingerprint density at radius 1 is 1.47 bits per heavy atom. The Morgan fingerprint density at radius 2 is 2.18 bits per heavy atom. The van der Waals surface area contributed by atoms with Gasteiger partial charge in [0.2, 0.25) is 10.0 Å². The molecule has 0 spiro atoms. The third-order valence-electron chi connectivity index (χ3n) is 2.49. The van der Waals surface area contributed by atoms with Gasteiger partial charge in [0.15, 0.2) is 5.25 Å². The van der Waals surface area contributed by atoms with Crippen molar-refractivity contribution in [2.24, 2.45) is 0 Å². The summed E-state index contributed by atoms with van der Waals surface area (Å²) in [6.45, 7) is 3.61. The molecule has 6 heteroatoms. The lowest BCUT2D eigenvalue weighted by atomic mass is 10.2. The normalized spacial score (nSPS) is 15.1. The molecule has 1 aromatic heterocycles. The van der Waals surface area contributed by atoms with Crippen molar-refractivity contribution >= 4 is 21.4 Å². The van der Waals surface area contributed by atoms with Gasteiger partial charge in [0.25, 0.3) is 0 Å². The van der Waals surface area contributed by atoms with Crippen molar-refractivity contribution in [1.29, 1.82) is 5.26 Å². The van der Waals surface area contributed by atoms with Crippen LogP contribution in [0.1, 0.15) is 37.6 Å². The highest BCUT2D eigenvalue weighted by molar-refractivity contribution is 7.90. The third-order valence-corrected chi connectivity index (χ3v) is 5.28. The fourth-order valence-corrected chi connectivity index (χ4v) is 3.86. The summed E-state index contributed by atoms with van der Waals surface area (Å²) < 4.78 is 26.5. The highest BCUT2D eigenvalue weighted by Crippen LogP contribution is 2.23. The Kier molecular flexibility index (Phi) is 5.12. The molecule has 0 saturated carbocycles. The highest BCUT2D eigenvalue weighted by Gasteiger charge is 2.26. The van der Waals surface area contributed by atoms with Crippen molar-refractivity contribution in [3.05, 3.63) is 22.4 Å². The van der Waals surface area contributed by atoms with E-state index in [0.29, 0.717) is 12.8 Å². The molecule has 2 unspecified atom stereocenters. The number of nitrogens with zero attached hydrogens (tertiary/aromatic N) is 1. The maximum atomic E-state index is 11.9. The molecule has 0 aromatic carbocycles. The molecular weight excluding hydrogens is 256 g/mol. The highest BCUT2D eigenvalue weighted by atomic mass is 32.2. The second-order valence-corrected chi connectivity index (χ2v) is 6.54. The second kappa shape index (κ2) is 6.15. The SMILES string of the molecule is CCC(NS(=O)(=O)C(C#N)CC)c1cccs1. The molecule has 1 N–H and O–H groups in total. The van der Waals surface area contributed by atoms with E-state index < -0.39 is 15.3 Å². The van der Waals surface area contributed by atoms with Crippen LogP contribution < -0.4 is 4.72 Å². The predicted octanol–water partition coefficient (Wildman–Crippen LogP) is 2.42. The molecule has 2 atom stereocenters. The average molecular weight is 272 g/mol. The molecule has 17 heavy (non-hydrogen) atoms. The van der Waals surface area contributed by atoms with E-state index >= 15 is 0 Å². The van der Waals surface area contributed by atoms with Crippen molar-refractivity contribution in [2.75, 3.05) is 0 Å². The van der Waals surface area contributed by atoms with Crippen LogP contribution >= 0.6 is 11.3 Å². The van der Waals surface area contributed by atoms with Crippen molar-refractivity contribution < 1.29 is 8.42 Å². The molecule has 94 valence electrons. The lowest BCUT2D eigenvalue weighted by molar-refractivity contribution is 0.545. The van der Waals surface area contributed by atoms with Crippen LogP contribution in [0.15, 0.2) is 17.5 Å². The van der Waals surface area contributed by atoms with E-state index in [9.17, 15) is 8.42 Å². The summed E-state index contributed by atoms with van der Waals surface area (Å²) in [4.78, 5) is 0.976. The molecular formula is C11H16N2O2S2. The van der Waals surface area contributed by atoms with E-state index in [1.165, 1.54) is 11.3 Å². The smallest absolute Gasteiger partial charge is 0.211 e. The standard InChI is InChI=1S/C11H16N2O2S2/c1-3-9(8-12)17(14,15)13-10(4-2)11-6-5-7-16-11/h5-7,9-10,13H,3-4H2,1-2H3. The van der Waals surface area contributed by atoms with Crippen LogP contribution in [0.5, 0.6) is 0 Å². The van der Waals surface area contributed by atoms with Gasteiger partial charge >= 0.3 is 0 Å². The van der Waals surface area contributed by atoms with Crippen LogP contribution in [-0.4, -0.2) is 13.7 Å². The fraction of sp³-hybridized carbons (Fsp3) is 0.545. The zero-order valence-electron chi connectivity index (χ0n) is 9.88. The van der Waals surface area contributed by atoms with Gasteiger partial charge in [0, 0.05) is 4.88 Å². The first kappa shape index (κ1) is 14.2. The Morgan fingerprint density at radius 3 is 2.59 bits per heavy atom. The van der Waals surface area contributed by atoms with E-state index in [-0.39, 0.29) is 6.04 Å². The van der Waals surface area contributed by atoms with E-state index in [2.05, 4.69) is 4.72 Å². The van der Waals surface area contributed by atoms with Gasteiger partial charge in [-0.05, 0) is 24.3 Å². The summed E-state index contributed by atoms with van der Waals surface area (Å²) in [5, 5.41) is 9.75. The van der Waals surface area contributed by atoms with E-state index in [1.54, 1.807) is 6.92 Å². The van der Waals surface area contributed by atoms with Gasteiger partial charge in [-0.25, -0.2) is 13.1 Å². The van der Waals surface area contributed by atoms with Gasteiger partial charge in [0.1, 0.15) is 0 Å². The van der Waals surface area contributed by atoms with Crippen molar-refractivity contribution in [3.8, 4) is 6.07 Å². The summed E-state index contributed by atoms with van der Waals surface area (Å²) in [5.74, 6) is 0. The van der Waals surface area contributed by atoms with Gasteiger partial charge < -0.3 is 0 Å². The average Bonchev–Trinajstić information content (AvgIpc) is 2.80. The molecule has 0 aliphatic rings. The molecule has 0 bridgehead atoms. The Bertz CT molecular complexity index is 474. The molecule has 0 amide bonds. The number of rotatable bonds is 6. The third kappa shape index (κ3) is 3.53. The quantitative estimate of drug-likeness (QED) is 0.864. The number of sulfonamides is 1. The number of hydrogen-bond donors (Lipinski definition) is 1. The minimum Gasteiger partial charge on any atom is -0.211 e. The van der Waals surface area contributed by atoms with E-state index in [1.807, 2.05) is 30.5 Å². The van der Waals surface area contributed by atoms with Gasteiger partial charge in [-0.3, -0.25) is 0 Å². The second-order valence-electron chi connectivity index (χ2n) is 3.67. The summed E-state index contributed by atoms with van der Waals surface area (Å²) in [5.41, 5.74) is 0. The maximum Gasteiger partial charge on any atom is 0.228 e. The summed E-state index contributed by atoms with van der Waals surface area (Å²) in [6.07, 6.45) is 0.967. The molecule has 1 heterocycles. The summed E-state index contributed by atoms with van der Waals surface area (Å²) in [6, 6.07) is 5.37. The van der Waals surface area contributed by atoms with Crippen LogP contribution in [0.3, 0.4) is 0 Å². The first-order valence-corrected chi connectivity index (χ1v) is 7.91. The molecule has 0 fully saturated rings. The van der Waals surface area contributed by atoms with Gasteiger partial charge in [0.05, 0.1) is 12.1 Å². The number of hydrogen-bond acceptors (Lipinski definition) is 4. The Hall–Kier alpha value is -0.900. The van der Waals surface area contributed by atoms with E-state index in [4.69, 9.17) is 5.26 Å². The zero-order chi connectivity index (χ0) is 12.9. The Labute approximate surface area is 106 Å². The van der Waals surface area contributed by atoms with Crippen LogP contribution in [0.4, 0.5) is 0 Å². The number of nitrogens with one attached hydrogen (secondary N) is 1. The molecule has 0 saturated heterocycles. The number of thiophene rings is 1. The molecule has 1 rings (SSSR count). The van der Waals surface area contributed by atoms with Crippen LogP contribution in [0, 0.1) is 11.3 Å². The van der Waals surface area contributed by atoms with E-state index in [0.717, 1.165) is 4.88 Å². The molecule has 0 aliphatic heterocycles. The maximum absolute atomic E-state index is 11.9. The zero-order valence-corrected chi connectivity index (χ0v) is 11.5. The van der Waals surface area contributed by atoms with Crippen molar-refractivity contribution in [2.45, 2.75) is 38.0 Å². The van der Waals surface area contributed by atoms with Gasteiger partial charge in [-0.2, -0.15) is 5.26 Å². The molecule has 4 nitrogen and oxygen atoms in total. The van der Waals surface area contributed by atoms with Crippen LogP contribution in [0.25, 0.3) is 0 Å². The Balaban J connectivity index is 2.86. The largest absolute Gasteiger partial charge is 0.228 e. The van der Waals surface area contributed by atoms with Gasteiger partial charge in [-0.1, -0.05) is 19.9 Å². The van der Waals surface area contributed by atoms with Crippen molar-refractivity contribution in [1.82, 2.24) is 4.72 Å². The summed E-state index contributed by atoms with van der Waals surface area (Å²) in [7, 11) is -3.56. The first-order chi connectivity index (χ1) is 8.05. The molecule has 1 aromatic rings. The molecule has 0 aliphatic carbocycles.